The van der Waals surface area contributed by atoms with Crippen molar-refractivity contribution >= 4 is 96.0 Å². The van der Waals surface area contributed by atoms with Gasteiger partial charge in [0, 0.05) is 0 Å². The van der Waals surface area contributed by atoms with Gasteiger partial charge in [0.2, 0.25) is 0 Å². The van der Waals surface area contributed by atoms with E-state index < -0.39 is 0 Å². The fourth-order valence-electron chi connectivity index (χ4n) is 7.55. The molecule has 0 aliphatic rings. The van der Waals surface area contributed by atoms with E-state index in [2.05, 4.69) is 200 Å². The van der Waals surface area contributed by atoms with Gasteiger partial charge >= 0.3 is 52.4 Å². The summed E-state index contributed by atoms with van der Waals surface area (Å²) >= 11 is 0. The van der Waals surface area contributed by atoms with E-state index >= 15 is 0 Å². The van der Waals surface area contributed by atoms with Gasteiger partial charge in [-0.1, -0.05) is 93.5 Å². The Morgan fingerprint density at radius 1 is 0.344 bits per heavy atom. The molecule has 8 rings (SSSR count). The van der Waals surface area contributed by atoms with E-state index in [9.17, 15) is 0 Å². The summed E-state index contributed by atoms with van der Waals surface area (Å²) in [6, 6.07) is 53.6. The van der Waals surface area contributed by atoms with Crippen LogP contribution in [0.15, 0.2) is 146 Å². The minimum atomic E-state index is 0. The molecule has 0 aliphatic heterocycles. The van der Waals surface area contributed by atoms with Crippen LogP contribution in [-0.4, -0.2) is 51.3 Å². The largest absolute Gasteiger partial charge is 2.00 e. The molecule has 0 saturated carbocycles. The van der Waals surface area contributed by atoms with Gasteiger partial charge in [0.1, 0.15) is 0 Å². The molecule has 8 heteroatoms. The van der Waals surface area contributed by atoms with Gasteiger partial charge in [-0.05, 0) is 77.0 Å². The Morgan fingerprint density at radius 2 is 0.562 bits per heavy atom. The van der Waals surface area contributed by atoms with E-state index in [0.717, 1.165) is 0 Å². The molecule has 0 fully saturated rings. The molecule has 8 aromatic rings. The Morgan fingerprint density at radius 3 is 0.781 bits per heavy atom. The number of halogens is 2. The van der Waals surface area contributed by atoms with Crippen molar-refractivity contribution in [3.63, 3.8) is 0 Å². The van der Waals surface area contributed by atoms with Crippen molar-refractivity contribution in [2.75, 3.05) is 51.3 Å². The normalized spacial score (nSPS) is 10.7. The van der Waals surface area contributed by atoms with Crippen molar-refractivity contribution in [3.8, 4) is 0 Å². The predicted molar refractivity (Wildman–Crippen MR) is 287 cm³/mol. The average molecular weight is 1120 g/mol. The van der Waals surface area contributed by atoms with Crippen LogP contribution in [0.5, 0.6) is 0 Å². The first-order valence-corrected chi connectivity index (χ1v) is 30.6. The number of unbranched alkanes of at least 4 members (excludes halogenated alkanes) is 4. The summed E-state index contributed by atoms with van der Waals surface area (Å²) in [6.07, 6.45) is 16.5. The molecular weight excluding hydrogens is 1050 g/mol. The van der Waals surface area contributed by atoms with Crippen LogP contribution in [-0.2, 0) is 52.4 Å². The third kappa shape index (κ3) is 19.4. The maximum Gasteiger partial charge on any atom is 2.00 e. The summed E-state index contributed by atoms with van der Waals surface area (Å²) in [7, 11) is 0.287. The Kier molecular flexibility index (Phi) is 32.4. The van der Waals surface area contributed by atoms with Crippen molar-refractivity contribution in [1.82, 2.24) is 0 Å². The van der Waals surface area contributed by atoms with E-state index in [-0.39, 0.29) is 109 Å². The first kappa shape index (κ1) is 61.4. The van der Waals surface area contributed by atoms with E-state index in [1.54, 1.807) is 10.6 Å². The third-order valence-corrected chi connectivity index (χ3v) is 19.3. The summed E-state index contributed by atoms with van der Waals surface area (Å²) in [5.74, 6) is 0. The predicted octanol–water partition coefficient (Wildman–Crippen LogP) is 10.4. The Bertz CT molecular complexity index is 2090. The van der Waals surface area contributed by atoms with Crippen LogP contribution < -0.4 is 46.0 Å². The zero-order chi connectivity index (χ0) is 42.7. The summed E-state index contributed by atoms with van der Waals surface area (Å²) in [5.41, 5.74) is 0. The molecule has 0 nitrogen and oxygen atoms in total. The van der Waals surface area contributed by atoms with E-state index in [1.165, 1.54) is 130 Å². The molecule has 0 unspecified atom stereocenters. The minimum absolute atomic E-state index is 0. The molecule has 0 radical (unpaired) electrons. The molecule has 0 aromatic heterocycles. The number of fused-ring (bicyclic) bond motifs is 4. The van der Waals surface area contributed by atoms with Crippen molar-refractivity contribution in [2.45, 2.75) is 79.1 Å². The quantitative estimate of drug-likeness (QED) is 0.0668. The topological polar surface area (TPSA) is 0 Å². The smallest absolute Gasteiger partial charge is 1.00 e. The van der Waals surface area contributed by atoms with E-state index in [0.29, 0.717) is 0 Å². The maximum atomic E-state index is 2.44. The van der Waals surface area contributed by atoms with Gasteiger partial charge in [-0.2, -0.15) is 24.3 Å². The van der Waals surface area contributed by atoms with Crippen LogP contribution >= 0.6 is 31.7 Å². The van der Waals surface area contributed by atoms with Crippen LogP contribution in [0, 0.1) is 0 Å². The average Bonchev–Trinajstić information content (AvgIpc) is 4.09. The monoisotopic (exact) mass is 1120 g/mol. The second-order valence-electron chi connectivity index (χ2n) is 16.5. The number of benzene rings is 4. The maximum absolute atomic E-state index is 2.44. The molecule has 0 spiro atoms. The number of hydrogen-bond donors (Lipinski definition) is 0. The van der Waals surface area contributed by atoms with Gasteiger partial charge in [-0.15, -0.1) is 177 Å². The molecule has 0 aliphatic carbocycles. The van der Waals surface area contributed by atoms with Crippen LogP contribution in [0.3, 0.4) is 0 Å². The van der Waals surface area contributed by atoms with Crippen LogP contribution in [0.1, 0.15) is 79.1 Å². The summed E-state index contributed by atoms with van der Waals surface area (Å²) in [4.78, 5) is 0. The molecule has 64 heavy (non-hydrogen) atoms. The van der Waals surface area contributed by atoms with Crippen molar-refractivity contribution in [1.29, 1.82) is 0 Å². The zero-order valence-corrected chi connectivity index (χ0v) is 49.9. The molecule has 0 atom stereocenters. The van der Waals surface area contributed by atoms with Gasteiger partial charge in [-0.25, -0.2) is 0 Å². The zero-order valence-electron chi connectivity index (χ0n) is 39.9. The van der Waals surface area contributed by atoms with Crippen molar-refractivity contribution in [2.24, 2.45) is 0 Å². The molecule has 340 valence electrons. The molecule has 0 heterocycles. The van der Waals surface area contributed by atoms with Gasteiger partial charge in [0.05, 0.1) is 0 Å². The minimum Gasteiger partial charge on any atom is -1.00 e. The second-order valence-corrected chi connectivity index (χ2v) is 26.1. The Balaban J connectivity index is 0.000000424. The van der Waals surface area contributed by atoms with Crippen LogP contribution in [0.4, 0.5) is 0 Å². The van der Waals surface area contributed by atoms with Gasteiger partial charge in [0.15, 0.2) is 0 Å². The van der Waals surface area contributed by atoms with Crippen molar-refractivity contribution in [3.05, 3.63) is 146 Å². The molecule has 0 saturated heterocycles. The standard InChI is InChI=1S/2C17H24P.2C11H12P.2ClH.2Zr/c2*1-3-5-11-18(12-6-4-2)17-13-15-9-7-8-10-16(15)14-17;2*1-12(2)11-7-9-5-3-4-6-10(9)8-11;;;;/h2*7-10,13-14H,3-6,11-12H2,1-2H3;2*3-8H,1-2H3;2*1H;;/q4*-1;;;2*+2/p-2. The molecule has 0 N–H and O–H groups in total. The number of rotatable bonds is 16. The fourth-order valence-corrected chi connectivity index (χ4v) is 14.7. The first-order chi connectivity index (χ1) is 29.2. The number of hydrogen-bond acceptors (Lipinski definition) is 0. The molecule has 8 aromatic carbocycles. The van der Waals surface area contributed by atoms with Gasteiger partial charge in [-0.3, -0.25) is 0 Å². The van der Waals surface area contributed by atoms with Crippen LogP contribution in [0.2, 0.25) is 0 Å². The van der Waals surface area contributed by atoms with Crippen molar-refractivity contribution < 1.29 is 77.2 Å². The summed E-state index contributed by atoms with van der Waals surface area (Å²) in [5, 5.41) is 17.5. The molecule has 0 bridgehead atoms. The van der Waals surface area contributed by atoms with Gasteiger partial charge in [0.25, 0.3) is 0 Å². The summed E-state index contributed by atoms with van der Waals surface area (Å²) in [6.45, 7) is 18.4. The summed E-state index contributed by atoms with van der Waals surface area (Å²) < 4.78 is 0. The molecule has 0 amide bonds. The Labute approximate surface area is 444 Å². The Hall–Kier alpha value is -0.614. The van der Waals surface area contributed by atoms with Gasteiger partial charge < -0.3 is 24.8 Å². The van der Waals surface area contributed by atoms with Crippen LogP contribution in [0.25, 0.3) is 43.1 Å². The van der Waals surface area contributed by atoms with E-state index in [4.69, 9.17) is 0 Å². The third-order valence-electron chi connectivity index (χ3n) is 11.3. The fraction of sp³-hybridized carbons (Fsp3) is 0.357. The van der Waals surface area contributed by atoms with E-state index in [1.807, 2.05) is 0 Å². The SMILES string of the molecule is CCCCP(CCCC)c1cc2ccccc2[cH-]1.CCCCP(CCCC)c1cc2ccccc2[cH-]1.CP(C)c1cc2ccccc2[cH-]1.CP(C)c1cc2ccccc2[cH-]1.[Cl-].[Cl-].[Zr+2].[Zr+2]. The first-order valence-electron chi connectivity index (χ1n) is 22.7. The molecular formula is C56H72Cl2P4Zr2-2. The second kappa shape index (κ2) is 33.8.